The van der Waals surface area contributed by atoms with Crippen molar-refractivity contribution in [3.05, 3.63) is 35.4 Å². The van der Waals surface area contributed by atoms with Gasteiger partial charge in [-0.2, -0.15) is 0 Å². The van der Waals surface area contributed by atoms with Crippen LogP contribution in [0.25, 0.3) is 0 Å². The molecular formula is C21H32N4O. The quantitative estimate of drug-likeness (QED) is 0.728. The third-order valence-corrected chi connectivity index (χ3v) is 6.43. The Hall–Kier alpha value is -1.43. The molecule has 0 radical (unpaired) electrons. The van der Waals surface area contributed by atoms with Gasteiger partial charge >= 0.3 is 0 Å². The molecule has 26 heavy (non-hydrogen) atoms. The lowest BCUT2D eigenvalue weighted by molar-refractivity contribution is -0.125. The summed E-state index contributed by atoms with van der Waals surface area (Å²) in [5.41, 5.74) is 9.40. The van der Waals surface area contributed by atoms with E-state index in [4.69, 9.17) is 0 Å². The molecule has 4 atom stereocenters. The molecule has 4 unspecified atom stereocenters. The molecule has 5 nitrogen and oxygen atoms in total. The summed E-state index contributed by atoms with van der Waals surface area (Å²) >= 11 is 0. The third kappa shape index (κ3) is 3.95. The van der Waals surface area contributed by atoms with Gasteiger partial charge in [0.1, 0.15) is 0 Å². The van der Waals surface area contributed by atoms with Crippen molar-refractivity contribution < 1.29 is 4.79 Å². The zero-order valence-corrected chi connectivity index (χ0v) is 16.0. The molecule has 1 aromatic carbocycles. The summed E-state index contributed by atoms with van der Waals surface area (Å²) in [4.78, 5) is 15.3. The van der Waals surface area contributed by atoms with Crippen molar-refractivity contribution in [2.75, 3.05) is 19.6 Å². The summed E-state index contributed by atoms with van der Waals surface area (Å²) in [6.45, 7) is 8.33. The molecule has 3 fully saturated rings. The fraction of sp³-hybridized carbons (Fsp3) is 0.667. The number of hydrogen-bond acceptors (Lipinski definition) is 4. The number of carbonyl (C=O) groups is 1. The minimum atomic E-state index is 0.0620. The highest BCUT2D eigenvalue weighted by Crippen LogP contribution is 2.38. The van der Waals surface area contributed by atoms with Gasteiger partial charge in [0, 0.05) is 31.7 Å². The lowest BCUT2D eigenvalue weighted by atomic mass is 9.91. The van der Waals surface area contributed by atoms with Crippen LogP contribution in [0.15, 0.2) is 24.3 Å². The highest BCUT2D eigenvalue weighted by atomic mass is 16.2. The molecule has 2 aliphatic heterocycles. The van der Waals surface area contributed by atoms with E-state index in [9.17, 15) is 4.79 Å². The first-order valence-corrected chi connectivity index (χ1v) is 10.2. The number of nitrogens with zero attached hydrogens (tertiary/aromatic N) is 1. The molecular weight excluding hydrogens is 324 g/mol. The summed E-state index contributed by atoms with van der Waals surface area (Å²) in [5, 5.41) is 3.26. The van der Waals surface area contributed by atoms with Crippen LogP contribution in [0.5, 0.6) is 0 Å². The minimum absolute atomic E-state index is 0.0620. The van der Waals surface area contributed by atoms with E-state index >= 15 is 0 Å². The second kappa shape index (κ2) is 7.67. The van der Waals surface area contributed by atoms with E-state index in [1.165, 1.54) is 30.4 Å². The van der Waals surface area contributed by atoms with Gasteiger partial charge in [-0.05, 0) is 62.6 Å². The Balaban J connectivity index is 1.25. The third-order valence-electron chi connectivity index (χ3n) is 6.43. The molecule has 0 aromatic heterocycles. The maximum absolute atomic E-state index is 12.8. The Morgan fingerprint density at radius 2 is 2.04 bits per heavy atom. The van der Waals surface area contributed by atoms with Crippen LogP contribution in [0.4, 0.5) is 0 Å². The largest absolute Gasteiger partial charge is 0.355 e. The van der Waals surface area contributed by atoms with Crippen LogP contribution in [-0.2, 0) is 11.3 Å². The van der Waals surface area contributed by atoms with Gasteiger partial charge in [0.2, 0.25) is 5.91 Å². The topological polar surface area (TPSA) is 56.4 Å². The number of benzene rings is 1. The van der Waals surface area contributed by atoms with Crippen molar-refractivity contribution in [1.82, 2.24) is 21.1 Å². The molecule has 3 N–H and O–H groups in total. The molecule has 1 aliphatic carbocycles. The second-order valence-electron chi connectivity index (χ2n) is 8.53. The zero-order valence-electron chi connectivity index (χ0n) is 16.0. The van der Waals surface area contributed by atoms with E-state index in [0.29, 0.717) is 17.9 Å². The Kier molecular flexibility index (Phi) is 5.30. The van der Waals surface area contributed by atoms with Crippen LogP contribution in [0, 0.1) is 24.7 Å². The maximum Gasteiger partial charge on any atom is 0.226 e. The molecule has 0 bridgehead atoms. The number of amides is 1. The van der Waals surface area contributed by atoms with Crippen molar-refractivity contribution in [1.29, 1.82) is 0 Å². The van der Waals surface area contributed by atoms with Gasteiger partial charge in [-0.25, -0.2) is 0 Å². The van der Waals surface area contributed by atoms with Crippen molar-refractivity contribution in [2.45, 2.75) is 51.7 Å². The van der Waals surface area contributed by atoms with E-state index in [1.807, 2.05) is 0 Å². The zero-order chi connectivity index (χ0) is 18.1. The van der Waals surface area contributed by atoms with Gasteiger partial charge in [-0.1, -0.05) is 24.3 Å². The number of likely N-dealkylation sites (tertiary alicyclic amines) is 1. The Labute approximate surface area is 156 Å². The van der Waals surface area contributed by atoms with Gasteiger partial charge in [-0.15, -0.1) is 0 Å². The Morgan fingerprint density at radius 3 is 2.81 bits per heavy atom. The highest BCUT2D eigenvalue weighted by Gasteiger charge is 2.46. The highest BCUT2D eigenvalue weighted by molar-refractivity contribution is 5.80. The first-order chi connectivity index (χ1) is 12.6. The number of hydrogen-bond donors (Lipinski definition) is 3. The molecule has 2 heterocycles. The van der Waals surface area contributed by atoms with Crippen LogP contribution in [-0.4, -0.2) is 42.5 Å². The van der Waals surface area contributed by atoms with Crippen LogP contribution < -0.4 is 16.2 Å². The second-order valence-corrected chi connectivity index (χ2v) is 8.53. The van der Waals surface area contributed by atoms with E-state index in [-0.39, 0.29) is 17.9 Å². The fourth-order valence-corrected chi connectivity index (χ4v) is 4.59. The summed E-state index contributed by atoms with van der Waals surface area (Å²) in [6, 6.07) is 9.16. The average molecular weight is 357 g/mol. The number of rotatable bonds is 6. The monoisotopic (exact) mass is 356 g/mol. The fourth-order valence-electron chi connectivity index (χ4n) is 4.59. The first-order valence-electron chi connectivity index (χ1n) is 10.2. The van der Waals surface area contributed by atoms with Crippen LogP contribution in [0.3, 0.4) is 0 Å². The summed E-state index contributed by atoms with van der Waals surface area (Å²) in [6.07, 6.45) is 3.69. The molecule has 0 spiro atoms. The molecule has 5 heteroatoms. The van der Waals surface area contributed by atoms with Crippen molar-refractivity contribution in [3.63, 3.8) is 0 Å². The lowest BCUT2D eigenvalue weighted by Crippen LogP contribution is -2.43. The van der Waals surface area contributed by atoms with Gasteiger partial charge in [0.25, 0.3) is 0 Å². The number of carbonyl (C=O) groups excluding carboxylic acids is 1. The number of hydrazine groups is 1. The predicted molar refractivity (Wildman–Crippen MR) is 103 cm³/mol. The van der Waals surface area contributed by atoms with Gasteiger partial charge in [0.05, 0.1) is 5.92 Å². The Bertz CT molecular complexity index is 645. The standard InChI is InChI=1S/C21H32N4O/c1-14-5-3-4-6-18(14)13-25-10-9-16(12-25)11-22-21(26)19-15(2)23-24-20(19)17-7-8-17/h3-6,15-17,19-20,23-24H,7-13H2,1-2H3,(H,22,26). The summed E-state index contributed by atoms with van der Waals surface area (Å²) in [7, 11) is 0. The van der Waals surface area contributed by atoms with E-state index in [2.05, 4.69) is 59.2 Å². The predicted octanol–water partition coefficient (Wildman–Crippen LogP) is 1.82. The number of nitrogens with one attached hydrogen (secondary N) is 3. The smallest absolute Gasteiger partial charge is 0.226 e. The Morgan fingerprint density at radius 1 is 1.23 bits per heavy atom. The molecule has 2 saturated heterocycles. The first kappa shape index (κ1) is 18.0. The molecule has 1 aromatic rings. The SMILES string of the molecule is Cc1ccccc1CN1CCC(CNC(=O)C2C(C)NNC2C2CC2)C1. The van der Waals surface area contributed by atoms with Crippen molar-refractivity contribution in [3.8, 4) is 0 Å². The molecule has 3 aliphatic rings. The van der Waals surface area contributed by atoms with Crippen molar-refractivity contribution in [2.24, 2.45) is 17.8 Å². The maximum atomic E-state index is 12.8. The molecule has 142 valence electrons. The molecule has 1 amide bonds. The number of aryl methyl sites for hydroxylation is 1. The van der Waals surface area contributed by atoms with Gasteiger partial charge in [0.15, 0.2) is 0 Å². The molecule has 1 saturated carbocycles. The van der Waals surface area contributed by atoms with Crippen LogP contribution in [0.2, 0.25) is 0 Å². The van der Waals surface area contributed by atoms with E-state index < -0.39 is 0 Å². The van der Waals surface area contributed by atoms with Gasteiger partial charge < -0.3 is 5.32 Å². The van der Waals surface area contributed by atoms with Gasteiger partial charge in [-0.3, -0.25) is 20.5 Å². The normalized spacial score (nSPS) is 32.1. The van der Waals surface area contributed by atoms with Crippen molar-refractivity contribution >= 4 is 5.91 Å². The lowest BCUT2D eigenvalue weighted by Gasteiger charge is -2.21. The van der Waals surface area contributed by atoms with Crippen LogP contribution in [0.1, 0.15) is 37.3 Å². The van der Waals surface area contributed by atoms with E-state index in [0.717, 1.165) is 26.2 Å². The summed E-state index contributed by atoms with van der Waals surface area (Å²) in [5.74, 6) is 1.54. The average Bonchev–Trinajstić information content (AvgIpc) is 3.26. The van der Waals surface area contributed by atoms with Crippen LogP contribution >= 0.6 is 0 Å². The summed E-state index contributed by atoms with van der Waals surface area (Å²) < 4.78 is 0. The minimum Gasteiger partial charge on any atom is -0.355 e. The molecule has 4 rings (SSSR count). The van der Waals surface area contributed by atoms with E-state index in [1.54, 1.807) is 0 Å².